The molecule has 0 spiro atoms. The van der Waals surface area contributed by atoms with E-state index >= 15 is 0 Å². The number of sulfonamides is 1. The van der Waals surface area contributed by atoms with Crippen LogP contribution in [0, 0.1) is 6.92 Å². The summed E-state index contributed by atoms with van der Waals surface area (Å²) in [5.74, 6) is -0.545. The van der Waals surface area contributed by atoms with Crippen LogP contribution in [0.1, 0.15) is 34.0 Å². The molecule has 0 aliphatic rings. The van der Waals surface area contributed by atoms with Crippen LogP contribution < -0.4 is 5.32 Å². The highest BCUT2D eigenvalue weighted by Gasteiger charge is 2.27. The summed E-state index contributed by atoms with van der Waals surface area (Å²) in [4.78, 5) is 24.2. The number of carbonyl (C=O) groups excluding carboxylic acids is 2. The van der Waals surface area contributed by atoms with Crippen molar-refractivity contribution in [3.05, 3.63) is 101 Å². The lowest BCUT2D eigenvalue weighted by atomic mass is 10.1. The maximum atomic E-state index is 13.3. The van der Waals surface area contributed by atoms with Crippen molar-refractivity contribution in [2.24, 2.45) is 0 Å². The first-order chi connectivity index (χ1) is 15.3. The fraction of sp³-hybridized carbons (Fsp3) is 0.200. The minimum Gasteiger partial charge on any atom is -0.351 e. The van der Waals surface area contributed by atoms with Crippen LogP contribution in [0.25, 0.3) is 0 Å². The van der Waals surface area contributed by atoms with E-state index in [1.54, 1.807) is 0 Å². The molecule has 7 heteroatoms. The van der Waals surface area contributed by atoms with E-state index in [2.05, 4.69) is 5.32 Å². The summed E-state index contributed by atoms with van der Waals surface area (Å²) in [6.45, 7) is 3.44. The van der Waals surface area contributed by atoms with Gasteiger partial charge in [0.25, 0.3) is 0 Å². The van der Waals surface area contributed by atoms with Gasteiger partial charge in [-0.3, -0.25) is 9.59 Å². The number of carbonyl (C=O) groups is 2. The van der Waals surface area contributed by atoms with Crippen LogP contribution in [0.5, 0.6) is 0 Å². The van der Waals surface area contributed by atoms with Gasteiger partial charge in [-0.1, -0.05) is 72.3 Å². The summed E-state index contributed by atoms with van der Waals surface area (Å²) in [6, 6.07) is 22.6. The molecule has 0 radical (unpaired) electrons. The number of Topliss-reactive ketones (excluding diaryl/α,β-unsaturated/α-hetero) is 1. The molecule has 3 aromatic carbocycles. The first-order valence-corrected chi connectivity index (χ1v) is 11.7. The van der Waals surface area contributed by atoms with Crippen molar-refractivity contribution in [2.45, 2.75) is 31.8 Å². The standard InChI is InChI=1S/C25H26N2O4S/c1-19-8-10-21(11-9-19)16-26-25(29)18-27(17-22-6-4-3-5-7-22)32(30,31)24-14-12-23(13-15-24)20(2)28/h3-15H,16-18H2,1-2H3,(H,26,29). The minimum absolute atomic E-state index is 0.0322. The largest absolute Gasteiger partial charge is 0.351 e. The number of benzene rings is 3. The van der Waals surface area contributed by atoms with Crippen LogP contribution in [0.3, 0.4) is 0 Å². The predicted octanol–water partition coefficient (Wildman–Crippen LogP) is 3.70. The van der Waals surface area contributed by atoms with Crippen molar-refractivity contribution >= 4 is 21.7 Å². The zero-order chi connectivity index (χ0) is 23.1. The lowest BCUT2D eigenvalue weighted by Crippen LogP contribution is -2.40. The average molecular weight is 451 g/mol. The Bertz CT molecular complexity index is 1170. The van der Waals surface area contributed by atoms with E-state index in [1.165, 1.54) is 31.2 Å². The molecule has 0 heterocycles. The number of nitrogens with one attached hydrogen (secondary N) is 1. The van der Waals surface area contributed by atoms with Gasteiger partial charge in [0.05, 0.1) is 11.4 Å². The van der Waals surface area contributed by atoms with E-state index in [4.69, 9.17) is 0 Å². The number of ketones is 1. The number of nitrogens with zero attached hydrogens (tertiary/aromatic N) is 1. The SMILES string of the molecule is CC(=O)c1ccc(S(=O)(=O)N(CC(=O)NCc2ccc(C)cc2)Cc2ccccc2)cc1. The number of rotatable bonds is 9. The second kappa shape index (κ2) is 10.3. The monoisotopic (exact) mass is 450 g/mol. The lowest BCUT2D eigenvalue weighted by Gasteiger charge is -2.22. The molecule has 32 heavy (non-hydrogen) atoms. The summed E-state index contributed by atoms with van der Waals surface area (Å²) in [6.07, 6.45) is 0. The molecule has 0 unspecified atom stereocenters. The highest BCUT2D eigenvalue weighted by molar-refractivity contribution is 7.89. The van der Waals surface area contributed by atoms with Crippen molar-refractivity contribution in [1.82, 2.24) is 9.62 Å². The van der Waals surface area contributed by atoms with Gasteiger partial charge in [-0.05, 0) is 37.1 Å². The summed E-state index contributed by atoms with van der Waals surface area (Å²) in [5, 5.41) is 2.79. The highest BCUT2D eigenvalue weighted by atomic mass is 32.2. The Labute approximate surface area is 188 Å². The Balaban J connectivity index is 1.79. The predicted molar refractivity (Wildman–Crippen MR) is 124 cm³/mol. The fourth-order valence-electron chi connectivity index (χ4n) is 3.15. The third kappa shape index (κ3) is 6.12. The molecule has 0 fully saturated rings. The van der Waals surface area contributed by atoms with E-state index in [1.807, 2.05) is 61.5 Å². The fourth-order valence-corrected chi connectivity index (χ4v) is 4.53. The van der Waals surface area contributed by atoms with Crippen molar-refractivity contribution in [3.63, 3.8) is 0 Å². The van der Waals surface area contributed by atoms with E-state index in [0.29, 0.717) is 12.1 Å². The van der Waals surface area contributed by atoms with Gasteiger partial charge in [0.15, 0.2) is 5.78 Å². The van der Waals surface area contributed by atoms with Gasteiger partial charge < -0.3 is 5.32 Å². The Morgan fingerprint density at radius 2 is 1.47 bits per heavy atom. The minimum atomic E-state index is -3.96. The van der Waals surface area contributed by atoms with E-state index in [0.717, 1.165) is 21.0 Å². The normalized spacial score (nSPS) is 11.3. The zero-order valence-corrected chi connectivity index (χ0v) is 18.9. The number of aryl methyl sites for hydroxylation is 1. The van der Waals surface area contributed by atoms with Crippen LogP contribution in [0.4, 0.5) is 0 Å². The smallest absolute Gasteiger partial charge is 0.243 e. The molecule has 0 atom stereocenters. The van der Waals surface area contributed by atoms with Crippen molar-refractivity contribution in [3.8, 4) is 0 Å². The molecule has 0 saturated heterocycles. The first-order valence-electron chi connectivity index (χ1n) is 10.2. The summed E-state index contributed by atoms with van der Waals surface area (Å²) < 4.78 is 27.8. The van der Waals surface area contributed by atoms with Gasteiger partial charge in [0, 0.05) is 18.7 Å². The number of amides is 1. The molecule has 0 bridgehead atoms. The van der Waals surface area contributed by atoms with E-state index in [-0.39, 0.29) is 23.8 Å². The molecule has 1 amide bonds. The van der Waals surface area contributed by atoms with Gasteiger partial charge in [0.1, 0.15) is 0 Å². The third-order valence-corrected chi connectivity index (χ3v) is 6.84. The molecule has 0 saturated carbocycles. The van der Waals surface area contributed by atoms with Gasteiger partial charge in [-0.15, -0.1) is 0 Å². The summed E-state index contributed by atoms with van der Waals surface area (Å²) in [7, 11) is -3.96. The Morgan fingerprint density at radius 3 is 2.06 bits per heavy atom. The maximum absolute atomic E-state index is 13.3. The molecule has 1 N–H and O–H groups in total. The molecular formula is C25H26N2O4S. The maximum Gasteiger partial charge on any atom is 0.243 e. The van der Waals surface area contributed by atoms with Crippen molar-refractivity contribution in [2.75, 3.05) is 6.54 Å². The zero-order valence-electron chi connectivity index (χ0n) is 18.1. The first kappa shape index (κ1) is 23.4. The van der Waals surface area contributed by atoms with Gasteiger partial charge >= 0.3 is 0 Å². The van der Waals surface area contributed by atoms with Crippen LogP contribution in [-0.2, 0) is 27.9 Å². The summed E-state index contributed by atoms with van der Waals surface area (Å²) >= 11 is 0. The summed E-state index contributed by atoms with van der Waals surface area (Å²) in [5.41, 5.74) is 3.24. The Morgan fingerprint density at radius 1 is 0.844 bits per heavy atom. The Hall–Kier alpha value is -3.29. The molecule has 3 rings (SSSR count). The van der Waals surface area contributed by atoms with E-state index in [9.17, 15) is 18.0 Å². The van der Waals surface area contributed by atoms with Gasteiger partial charge in [-0.25, -0.2) is 8.42 Å². The molecule has 0 aliphatic heterocycles. The molecule has 0 aliphatic carbocycles. The quantitative estimate of drug-likeness (QED) is 0.504. The number of hydrogen-bond donors (Lipinski definition) is 1. The molecular weight excluding hydrogens is 424 g/mol. The second-order valence-corrected chi connectivity index (χ2v) is 9.54. The molecule has 166 valence electrons. The second-order valence-electron chi connectivity index (χ2n) is 7.60. The topological polar surface area (TPSA) is 83.6 Å². The number of hydrogen-bond acceptors (Lipinski definition) is 4. The molecule has 3 aromatic rings. The molecule has 0 aromatic heterocycles. The van der Waals surface area contributed by atoms with Crippen molar-refractivity contribution < 1.29 is 18.0 Å². The van der Waals surface area contributed by atoms with Gasteiger partial charge in [-0.2, -0.15) is 4.31 Å². The van der Waals surface area contributed by atoms with Gasteiger partial charge in [0.2, 0.25) is 15.9 Å². The van der Waals surface area contributed by atoms with Crippen LogP contribution in [0.15, 0.2) is 83.8 Å². The van der Waals surface area contributed by atoms with Crippen LogP contribution in [0.2, 0.25) is 0 Å². The van der Waals surface area contributed by atoms with E-state index < -0.39 is 15.9 Å². The van der Waals surface area contributed by atoms with Crippen LogP contribution in [-0.4, -0.2) is 31.0 Å². The molecule has 6 nitrogen and oxygen atoms in total. The average Bonchev–Trinajstić information content (AvgIpc) is 2.79. The lowest BCUT2D eigenvalue weighted by molar-refractivity contribution is -0.121. The Kier molecular flexibility index (Phi) is 7.56. The van der Waals surface area contributed by atoms with Crippen LogP contribution >= 0.6 is 0 Å². The highest BCUT2D eigenvalue weighted by Crippen LogP contribution is 2.19. The van der Waals surface area contributed by atoms with Crippen molar-refractivity contribution in [1.29, 1.82) is 0 Å². The third-order valence-electron chi connectivity index (χ3n) is 5.03.